The van der Waals surface area contributed by atoms with Gasteiger partial charge in [-0.15, -0.1) is 0 Å². The predicted octanol–water partition coefficient (Wildman–Crippen LogP) is 4.06. The average molecular weight is 384 g/mol. The lowest BCUT2D eigenvalue weighted by atomic mass is 10.1. The Bertz CT molecular complexity index is 868. The van der Waals surface area contributed by atoms with Crippen LogP contribution in [0.25, 0.3) is 0 Å². The number of carbonyl (C=O) groups is 2. The fourth-order valence-corrected chi connectivity index (χ4v) is 2.22. The lowest BCUT2D eigenvalue weighted by Crippen LogP contribution is -2.21. The largest absolute Gasteiger partial charge is 0.493 e. The van der Waals surface area contributed by atoms with Gasteiger partial charge in [0.05, 0.1) is 31.0 Å². The van der Waals surface area contributed by atoms with Crippen molar-refractivity contribution < 1.29 is 37.3 Å². The second-order valence-electron chi connectivity index (χ2n) is 5.22. The third-order valence-electron chi connectivity index (χ3n) is 3.45. The summed E-state index contributed by atoms with van der Waals surface area (Å²) in [5, 5.41) is 13.8. The van der Waals surface area contributed by atoms with Crippen molar-refractivity contribution in [3.63, 3.8) is 0 Å². The zero-order valence-corrected chi connectivity index (χ0v) is 14.2. The van der Waals surface area contributed by atoms with Gasteiger partial charge in [0.1, 0.15) is 0 Å². The van der Waals surface area contributed by atoms with Crippen molar-refractivity contribution in [1.82, 2.24) is 0 Å². The summed E-state index contributed by atoms with van der Waals surface area (Å²) in [5.74, 6) is -1.04. The number of carboxylic acid groups (broad SMARTS) is 1. The lowest BCUT2D eigenvalue weighted by Gasteiger charge is -2.14. The van der Waals surface area contributed by atoms with E-state index in [2.05, 4.69) is 10.6 Å². The summed E-state index contributed by atoms with van der Waals surface area (Å²) in [6.45, 7) is 0. The van der Waals surface area contributed by atoms with E-state index in [9.17, 15) is 27.9 Å². The summed E-state index contributed by atoms with van der Waals surface area (Å²) < 4.78 is 48.2. The van der Waals surface area contributed by atoms with Crippen molar-refractivity contribution in [2.24, 2.45) is 0 Å². The highest BCUT2D eigenvalue weighted by Crippen LogP contribution is 2.34. The number of hydrogen-bond acceptors (Lipinski definition) is 4. The Hall–Kier alpha value is -3.43. The van der Waals surface area contributed by atoms with Gasteiger partial charge in [-0.3, -0.25) is 0 Å². The number of hydrogen-bond donors (Lipinski definition) is 3. The number of anilines is 2. The van der Waals surface area contributed by atoms with Gasteiger partial charge >= 0.3 is 18.2 Å². The molecular formula is C17H15F3N2O5. The topological polar surface area (TPSA) is 96.9 Å². The van der Waals surface area contributed by atoms with Crippen LogP contribution in [0.2, 0.25) is 0 Å². The normalized spacial score (nSPS) is 10.9. The molecule has 27 heavy (non-hydrogen) atoms. The number of carboxylic acids is 1. The number of methoxy groups -OCH3 is 2. The van der Waals surface area contributed by atoms with Crippen LogP contribution in [-0.4, -0.2) is 31.3 Å². The van der Waals surface area contributed by atoms with Gasteiger partial charge in [-0.05, 0) is 18.2 Å². The van der Waals surface area contributed by atoms with Crippen LogP contribution in [0.3, 0.4) is 0 Å². The predicted molar refractivity (Wildman–Crippen MR) is 90.6 cm³/mol. The highest BCUT2D eigenvalue weighted by Gasteiger charge is 2.30. The average Bonchev–Trinajstić information content (AvgIpc) is 2.60. The molecule has 3 N–H and O–H groups in total. The number of benzene rings is 2. The van der Waals surface area contributed by atoms with E-state index < -0.39 is 23.7 Å². The van der Waals surface area contributed by atoms with Gasteiger partial charge in [-0.25, -0.2) is 9.59 Å². The van der Waals surface area contributed by atoms with Gasteiger partial charge in [-0.2, -0.15) is 13.2 Å². The molecule has 0 aliphatic heterocycles. The molecule has 0 bridgehead atoms. The van der Waals surface area contributed by atoms with Crippen LogP contribution in [0.1, 0.15) is 15.9 Å². The molecule has 0 unspecified atom stereocenters. The summed E-state index contributed by atoms with van der Waals surface area (Å²) in [4.78, 5) is 23.5. The van der Waals surface area contributed by atoms with Crippen LogP contribution >= 0.6 is 0 Å². The van der Waals surface area contributed by atoms with E-state index in [1.807, 2.05) is 0 Å². The number of amides is 2. The van der Waals surface area contributed by atoms with Crippen molar-refractivity contribution in [3.05, 3.63) is 47.5 Å². The van der Waals surface area contributed by atoms with Crippen LogP contribution in [-0.2, 0) is 6.18 Å². The zero-order chi connectivity index (χ0) is 20.2. The van der Waals surface area contributed by atoms with Gasteiger partial charge in [0.25, 0.3) is 0 Å². The molecule has 0 saturated carbocycles. The minimum Gasteiger partial charge on any atom is -0.493 e. The van der Waals surface area contributed by atoms with Crippen LogP contribution < -0.4 is 20.1 Å². The molecule has 2 aromatic rings. The number of urea groups is 1. The van der Waals surface area contributed by atoms with Gasteiger partial charge in [0, 0.05) is 17.8 Å². The first-order valence-electron chi connectivity index (χ1n) is 7.40. The zero-order valence-electron chi connectivity index (χ0n) is 14.2. The minimum absolute atomic E-state index is 0.111. The number of rotatable bonds is 5. The van der Waals surface area contributed by atoms with Crippen molar-refractivity contribution >= 4 is 23.4 Å². The van der Waals surface area contributed by atoms with E-state index >= 15 is 0 Å². The Balaban J connectivity index is 2.26. The fraction of sp³-hybridized carbons (Fsp3) is 0.176. The molecule has 0 fully saturated rings. The van der Waals surface area contributed by atoms with Crippen LogP contribution in [0.4, 0.5) is 29.3 Å². The number of nitrogens with one attached hydrogen (secondary N) is 2. The maximum absolute atomic E-state index is 12.7. The maximum atomic E-state index is 12.7. The summed E-state index contributed by atoms with van der Waals surface area (Å²) in [6, 6.07) is 5.48. The molecular weight excluding hydrogens is 369 g/mol. The monoisotopic (exact) mass is 384 g/mol. The molecule has 0 aromatic heterocycles. The number of ether oxygens (including phenoxy) is 2. The molecule has 0 radical (unpaired) electrons. The summed E-state index contributed by atoms with van der Waals surface area (Å²) >= 11 is 0. The molecule has 0 aliphatic rings. The fourth-order valence-electron chi connectivity index (χ4n) is 2.22. The number of carbonyl (C=O) groups excluding carboxylic acids is 1. The van der Waals surface area contributed by atoms with Crippen LogP contribution in [0.5, 0.6) is 11.5 Å². The highest BCUT2D eigenvalue weighted by molar-refractivity contribution is 6.05. The Morgan fingerprint density at radius 2 is 1.63 bits per heavy atom. The third-order valence-corrected chi connectivity index (χ3v) is 3.45. The van der Waals surface area contributed by atoms with E-state index in [1.54, 1.807) is 0 Å². The molecule has 10 heteroatoms. The van der Waals surface area contributed by atoms with Crippen molar-refractivity contribution in [2.45, 2.75) is 6.18 Å². The molecule has 0 atom stereocenters. The molecule has 0 aliphatic carbocycles. The number of halogens is 3. The Kier molecular flexibility index (Phi) is 5.78. The van der Waals surface area contributed by atoms with Gasteiger partial charge < -0.3 is 25.2 Å². The first kappa shape index (κ1) is 19.9. The molecule has 2 aromatic carbocycles. The lowest BCUT2D eigenvalue weighted by molar-refractivity contribution is -0.137. The van der Waals surface area contributed by atoms with E-state index in [-0.39, 0.29) is 28.4 Å². The first-order valence-corrected chi connectivity index (χ1v) is 7.40. The van der Waals surface area contributed by atoms with E-state index in [4.69, 9.17) is 9.47 Å². The van der Waals surface area contributed by atoms with Crippen LogP contribution in [0.15, 0.2) is 36.4 Å². The second-order valence-corrected chi connectivity index (χ2v) is 5.22. The quantitative estimate of drug-likeness (QED) is 0.722. The molecule has 2 amide bonds. The Labute approximate surface area is 151 Å². The molecule has 0 heterocycles. The number of alkyl halides is 3. The smallest absolute Gasteiger partial charge is 0.416 e. The Morgan fingerprint density at radius 3 is 2.19 bits per heavy atom. The maximum Gasteiger partial charge on any atom is 0.416 e. The van der Waals surface area contributed by atoms with E-state index in [0.717, 1.165) is 24.3 Å². The summed E-state index contributed by atoms with van der Waals surface area (Å²) in [7, 11) is 2.64. The second kappa shape index (κ2) is 7.85. The van der Waals surface area contributed by atoms with Gasteiger partial charge in [0.15, 0.2) is 11.5 Å². The van der Waals surface area contributed by atoms with Crippen LogP contribution in [0, 0.1) is 0 Å². The SMILES string of the molecule is COc1cc(NC(=O)Nc2cccc(C(F)(F)F)c2)c(C(=O)O)cc1OC. The standard InChI is InChI=1S/C17H15F3N2O5/c1-26-13-7-11(15(23)24)12(8-14(13)27-2)22-16(25)21-10-5-3-4-9(6-10)17(18,19)20/h3-8H,1-2H3,(H,23,24)(H2,21,22,25). The van der Waals surface area contributed by atoms with E-state index in [1.165, 1.54) is 26.4 Å². The molecule has 0 saturated heterocycles. The highest BCUT2D eigenvalue weighted by atomic mass is 19.4. The molecule has 0 spiro atoms. The summed E-state index contributed by atoms with van der Waals surface area (Å²) in [6.07, 6.45) is -4.56. The molecule has 7 nitrogen and oxygen atoms in total. The minimum atomic E-state index is -4.56. The van der Waals surface area contributed by atoms with Crippen molar-refractivity contribution in [2.75, 3.05) is 24.9 Å². The molecule has 2 rings (SSSR count). The van der Waals surface area contributed by atoms with Gasteiger partial charge in [0.2, 0.25) is 0 Å². The van der Waals surface area contributed by atoms with Gasteiger partial charge in [-0.1, -0.05) is 6.07 Å². The van der Waals surface area contributed by atoms with Crippen molar-refractivity contribution in [3.8, 4) is 11.5 Å². The molecule has 144 valence electrons. The van der Waals surface area contributed by atoms with Crippen molar-refractivity contribution in [1.29, 1.82) is 0 Å². The third kappa shape index (κ3) is 4.81. The number of aromatic carboxylic acids is 1. The summed E-state index contributed by atoms with van der Waals surface area (Å²) in [5.41, 5.74) is -1.45. The van der Waals surface area contributed by atoms with E-state index in [0.29, 0.717) is 0 Å². The first-order chi connectivity index (χ1) is 12.7. The Morgan fingerprint density at radius 1 is 1.00 bits per heavy atom.